The van der Waals surface area contributed by atoms with Gasteiger partial charge in [-0.15, -0.1) is 0 Å². The molecular formula is C15H32O3Si. The average Bonchev–Trinajstić information content (AvgIpc) is 2.33. The minimum Gasteiger partial charge on any atom is -0.356 e. The van der Waals surface area contributed by atoms with Crippen LogP contribution in [0.3, 0.4) is 0 Å². The molecule has 0 saturated carbocycles. The quantitative estimate of drug-likeness (QED) is 0.220. The van der Waals surface area contributed by atoms with Crippen LogP contribution in [0.4, 0.5) is 0 Å². The van der Waals surface area contributed by atoms with Crippen molar-refractivity contribution in [3.8, 4) is 0 Å². The van der Waals surface area contributed by atoms with E-state index in [-0.39, 0.29) is 6.10 Å². The van der Waals surface area contributed by atoms with Gasteiger partial charge in [-0.25, -0.2) is 0 Å². The molecule has 0 bridgehead atoms. The van der Waals surface area contributed by atoms with Crippen LogP contribution in [0.2, 0.25) is 25.7 Å². The molecule has 0 aliphatic carbocycles. The number of hydrogen-bond acceptors (Lipinski definition) is 3. The molecule has 0 radical (unpaired) electrons. The lowest BCUT2D eigenvalue weighted by atomic mass is 10.1. The second-order valence-electron chi connectivity index (χ2n) is 6.37. The highest BCUT2D eigenvalue weighted by molar-refractivity contribution is 6.76. The molecule has 0 aromatic carbocycles. The summed E-state index contributed by atoms with van der Waals surface area (Å²) in [6.07, 6.45) is 7.22. The number of unbranched alkanes of at least 4 members (excludes halogenated alkanes) is 2. The SMILES string of the molecule is CCCC[C@@H](CCCC=O)OCOCC[Si](C)(C)C. The fourth-order valence-electron chi connectivity index (χ4n) is 1.75. The van der Waals surface area contributed by atoms with Gasteiger partial charge in [0.25, 0.3) is 0 Å². The number of carbonyl (C=O) groups excluding carboxylic acids is 1. The van der Waals surface area contributed by atoms with Gasteiger partial charge in [0, 0.05) is 21.1 Å². The van der Waals surface area contributed by atoms with E-state index in [1.165, 1.54) is 18.9 Å². The largest absolute Gasteiger partial charge is 0.356 e. The second-order valence-corrected chi connectivity index (χ2v) is 12.0. The summed E-state index contributed by atoms with van der Waals surface area (Å²) >= 11 is 0. The lowest BCUT2D eigenvalue weighted by Crippen LogP contribution is -2.23. The standard InChI is InChI=1S/C15H32O3Si/c1-5-6-9-15(10-7-8-11-16)18-14-17-12-13-19(2,3)4/h11,15H,5-10,12-14H2,1-4H3/t15-/m0/s1. The highest BCUT2D eigenvalue weighted by Crippen LogP contribution is 2.13. The predicted molar refractivity (Wildman–Crippen MR) is 83.3 cm³/mol. The Labute approximate surface area is 120 Å². The van der Waals surface area contributed by atoms with Gasteiger partial charge in [0.15, 0.2) is 0 Å². The van der Waals surface area contributed by atoms with Crippen LogP contribution >= 0.6 is 0 Å². The molecule has 1 atom stereocenters. The van der Waals surface area contributed by atoms with Crippen molar-refractivity contribution in [1.29, 1.82) is 0 Å². The Morgan fingerprint density at radius 2 is 1.84 bits per heavy atom. The summed E-state index contributed by atoms with van der Waals surface area (Å²) in [5.41, 5.74) is 0. The molecule has 0 heterocycles. The number of carbonyl (C=O) groups is 1. The zero-order chi connectivity index (χ0) is 14.6. The lowest BCUT2D eigenvalue weighted by Gasteiger charge is -2.19. The predicted octanol–water partition coefficient (Wildman–Crippen LogP) is 4.24. The van der Waals surface area contributed by atoms with Crippen molar-refractivity contribution in [3.63, 3.8) is 0 Å². The van der Waals surface area contributed by atoms with Crippen LogP contribution in [0, 0.1) is 0 Å². The molecule has 0 fully saturated rings. The third-order valence-electron chi connectivity index (χ3n) is 3.11. The molecule has 0 N–H and O–H groups in total. The van der Waals surface area contributed by atoms with Gasteiger partial charge in [-0.1, -0.05) is 39.4 Å². The van der Waals surface area contributed by atoms with E-state index in [0.29, 0.717) is 13.2 Å². The molecule has 4 heteroatoms. The Morgan fingerprint density at radius 1 is 1.16 bits per heavy atom. The Morgan fingerprint density at radius 3 is 2.42 bits per heavy atom. The molecule has 114 valence electrons. The van der Waals surface area contributed by atoms with Crippen molar-refractivity contribution < 1.29 is 14.3 Å². The first-order valence-electron chi connectivity index (χ1n) is 7.62. The normalized spacial score (nSPS) is 13.5. The molecule has 0 amide bonds. The number of aldehydes is 1. The maximum Gasteiger partial charge on any atom is 0.147 e. The Kier molecular flexibility index (Phi) is 11.5. The number of rotatable bonds is 13. The summed E-state index contributed by atoms with van der Waals surface area (Å²) in [6.45, 7) is 10.4. The van der Waals surface area contributed by atoms with Crippen LogP contribution in [-0.4, -0.2) is 33.9 Å². The summed E-state index contributed by atoms with van der Waals surface area (Å²) in [5, 5.41) is 0. The van der Waals surface area contributed by atoms with Crippen LogP contribution < -0.4 is 0 Å². The Hall–Kier alpha value is -0.193. The van der Waals surface area contributed by atoms with Crippen LogP contribution in [0.1, 0.15) is 45.4 Å². The van der Waals surface area contributed by atoms with Gasteiger partial charge in [-0.2, -0.15) is 0 Å². The highest BCUT2D eigenvalue weighted by Gasteiger charge is 2.13. The van der Waals surface area contributed by atoms with Gasteiger partial charge in [0.1, 0.15) is 13.1 Å². The fraction of sp³-hybridized carbons (Fsp3) is 0.933. The van der Waals surface area contributed by atoms with E-state index >= 15 is 0 Å². The van der Waals surface area contributed by atoms with Gasteiger partial charge < -0.3 is 14.3 Å². The zero-order valence-corrected chi connectivity index (χ0v) is 14.2. The van der Waals surface area contributed by atoms with Gasteiger partial charge in [0.2, 0.25) is 0 Å². The topological polar surface area (TPSA) is 35.5 Å². The van der Waals surface area contributed by atoms with Crippen molar-refractivity contribution in [2.45, 2.75) is 77.2 Å². The molecule has 3 nitrogen and oxygen atoms in total. The summed E-state index contributed by atoms with van der Waals surface area (Å²) in [4.78, 5) is 10.3. The summed E-state index contributed by atoms with van der Waals surface area (Å²) in [6, 6.07) is 1.18. The molecule has 19 heavy (non-hydrogen) atoms. The first kappa shape index (κ1) is 18.8. The third kappa shape index (κ3) is 14.0. The zero-order valence-electron chi connectivity index (χ0n) is 13.2. The number of hydrogen-bond donors (Lipinski definition) is 0. The Balaban J connectivity index is 3.68. The molecule has 0 aromatic heterocycles. The van der Waals surface area contributed by atoms with Crippen molar-refractivity contribution in [2.75, 3.05) is 13.4 Å². The van der Waals surface area contributed by atoms with Gasteiger partial charge in [0.05, 0.1) is 6.10 Å². The lowest BCUT2D eigenvalue weighted by molar-refractivity contribution is -0.108. The van der Waals surface area contributed by atoms with E-state index in [2.05, 4.69) is 26.6 Å². The molecule has 0 aromatic rings. The van der Waals surface area contributed by atoms with E-state index in [1.807, 2.05) is 0 Å². The second kappa shape index (κ2) is 11.6. The average molecular weight is 289 g/mol. The molecule has 0 aliphatic heterocycles. The van der Waals surface area contributed by atoms with Gasteiger partial charge >= 0.3 is 0 Å². The Bertz CT molecular complexity index is 214. The van der Waals surface area contributed by atoms with Crippen LogP contribution in [0.25, 0.3) is 0 Å². The molecule has 0 rings (SSSR count). The van der Waals surface area contributed by atoms with Gasteiger partial charge in [-0.05, 0) is 25.3 Å². The minimum absolute atomic E-state index is 0.256. The van der Waals surface area contributed by atoms with Crippen molar-refractivity contribution >= 4 is 14.4 Å². The van der Waals surface area contributed by atoms with E-state index < -0.39 is 8.07 Å². The molecule has 0 aliphatic rings. The maximum atomic E-state index is 10.3. The smallest absolute Gasteiger partial charge is 0.147 e. The maximum absolute atomic E-state index is 10.3. The van der Waals surface area contributed by atoms with E-state index in [9.17, 15) is 4.79 Å². The summed E-state index contributed by atoms with van der Waals surface area (Å²) < 4.78 is 11.4. The van der Waals surface area contributed by atoms with Crippen molar-refractivity contribution in [3.05, 3.63) is 0 Å². The molecule has 0 saturated heterocycles. The van der Waals surface area contributed by atoms with E-state index in [0.717, 1.165) is 32.2 Å². The number of ether oxygens (including phenoxy) is 2. The van der Waals surface area contributed by atoms with Gasteiger partial charge in [-0.3, -0.25) is 0 Å². The summed E-state index contributed by atoms with van der Waals surface area (Å²) in [5.74, 6) is 0. The fourth-order valence-corrected chi connectivity index (χ4v) is 2.51. The van der Waals surface area contributed by atoms with Crippen molar-refractivity contribution in [1.82, 2.24) is 0 Å². The first-order valence-corrected chi connectivity index (χ1v) is 11.3. The molecule has 0 unspecified atom stereocenters. The van der Waals surface area contributed by atoms with Crippen molar-refractivity contribution in [2.24, 2.45) is 0 Å². The van der Waals surface area contributed by atoms with Crippen LogP contribution in [0.15, 0.2) is 0 Å². The monoisotopic (exact) mass is 288 g/mol. The third-order valence-corrected chi connectivity index (χ3v) is 4.82. The minimum atomic E-state index is -1.00. The van der Waals surface area contributed by atoms with E-state index in [4.69, 9.17) is 9.47 Å². The summed E-state index contributed by atoms with van der Waals surface area (Å²) in [7, 11) is -1.00. The van der Waals surface area contributed by atoms with Crippen LogP contribution in [-0.2, 0) is 14.3 Å². The first-order chi connectivity index (χ1) is 8.99. The van der Waals surface area contributed by atoms with Crippen LogP contribution in [0.5, 0.6) is 0 Å². The molecular weight excluding hydrogens is 256 g/mol. The molecule has 0 spiro atoms. The van der Waals surface area contributed by atoms with E-state index in [1.54, 1.807) is 0 Å². The highest BCUT2D eigenvalue weighted by atomic mass is 28.3.